The Morgan fingerprint density at radius 3 is 2.93 bits per heavy atom. The smallest absolute Gasteiger partial charge is 0.307 e. The van der Waals surface area contributed by atoms with Crippen LogP contribution in [0.2, 0.25) is 0 Å². The summed E-state index contributed by atoms with van der Waals surface area (Å²) in [6, 6.07) is 1.67. The highest BCUT2D eigenvalue weighted by atomic mass is 16.5. The first kappa shape index (κ1) is 9.51. The fourth-order valence-electron chi connectivity index (χ4n) is 1.31. The highest BCUT2D eigenvalue weighted by Crippen LogP contribution is 2.24. The third kappa shape index (κ3) is 1.90. The molecular weight excluding hydrogens is 198 g/mol. The zero-order chi connectivity index (χ0) is 10.8. The van der Waals surface area contributed by atoms with Crippen molar-refractivity contribution in [2.24, 2.45) is 0 Å². The molecule has 0 aliphatic heterocycles. The summed E-state index contributed by atoms with van der Waals surface area (Å²) >= 11 is 0. The average Bonchev–Trinajstić information content (AvgIpc) is 2.72. The Balaban J connectivity index is 2.28. The normalized spacial score (nSPS) is 10.5. The standard InChI is InChI=1S/C10H9NO4/c1-6-8(5-15-11-6)9-2-7(4-14-9)3-10(12)13/h2,4-5H,3H2,1H3,(H,12,13). The Hall–Kier alpha value is -2.04. The zero-order valence-corrected chi connectivity index (χ0v) is 8.06. The summed E-state index contributed by atoms with van der Waals surface area (Å²) in [5, 5.41) is 12.3. The number of aryl methyl sites for hydroxylation is 1. The molecule has 2 heterocycles. The first-order valence-corrected chi connectivity index (χ1v) is 4.37. The molecule has 0 atom stereocenters. The third-order valence-electron chi connectivity index (χ3n) is 2.02. The second kappa shape index (κ2) is 3.61. The van der Waals surface area contributed by atoms with Gasteiger partial charge in [0, 0.05) is 5.56 Å². The lowest BCUT2D eigenvalue weighted by molar-refractivity contribution is -0.136. The van der Waals surface area contributed by atoms with Crippen LogP contribution in [0.15, 0.2) is 27.5 Å². The van der Waals surface area contributed by atoms with Gasteiger partial charge in [-0.3, -0.25) is 4.79 Å². The number of carboxylic acid groups (broad SMARTS) is 1. The summed E-state index contributed by atoms with van der Waals surface area (Å²) < 4.78 is 9.99. The molecule has 0 aliphatic rings. The van der Waals surface area contributed by atoms with Crippen LogP contribution in [0.4, 0.5) is 0 Å². The number of aromatic nitrogens is 1. The molecule has 5 nitrogen and oxygen atoms in total. The molecule has 15 heavy (non-hydrogen) atoms. The monoisotopic (exact) mass is 207 g/mol. The minimum absolute atomic E-state index is 0.0478. The molecule has 1 N–H and O–H groups in total. The van der Waals surface area contributed by atoms with E-state index in [-0.39, 0.29) is 6.42 Å². The molecule has 2 rings (SSSR count). The SMILES string of the molecule is Cc1nocc1-c1cc(CC(=O)O)co1. The van der Waals surface area contributed by atoms with E-state index < -0.39 is 5.97 Å². The van der Waals surface area contributed by atoms with Crippen molar-refractivity contribution < 1.29 is 18.8 Å². The van der Waals surface area contributed by atoms with Crippen LogP contribution in [0.25, 0.3) is 11.3 Å². The molecule has 0 amide bonds. The maximum atomic E-state index is 10.5. The van der Waals surface area contributed by atoms with Crippen LogP contribution in [-0.4, -0.2) is 16.2 Å². The van der Waals surface area contributed by atoms with E-state index in [1.807, 2.05) is 0 Å². The van der Waals surface area contributed by atoms with Gasteiger partial charge in [-0.1, -0.05) is 5.16 Å². The van der Waals surface area contributed by atoms with Gasteiger partial charge in [0.25, 0.3) is 0 Å². The Kier molecular flexibility index (Phi) is 2.29. The van der Waals surface area contributed by atoms with Crippen molar-refractivity contribution in [2.75, 3.05) is 0 Å². The molecule has 0 bridgehead atoms. The summed E-state index contributed by atoms with van der Waals surface area (Å²) in [6.07, 6.45) is 2.85. The number of hydrogen-bond acceptors (Lipinski definition) is 4. The van der Waals surface area contributed by atoms with E-state index in [4.69, 9.17) is 14.0 Å². The van der Waals surface area contributed by atoms with Crippen molar-refractivity contribution in [1.82, 2.24) is 5.16 Å². The minimum Gasteiger partial charge on any atom is -0.481 e. The summed E-state index contributed by atoms with van der Waals surface area (Å²) in [5.41, 5.74) is 2.08. The van der Waals surface area contributed by atoms with Crippen LogP contribution in [0, 0.1) is 6.92 Å². The largest absolute Gasteiger partial charge is 0.481 e. The molecule has 0 unspecified atom stereocenters. The predicted octanol–water partition coefficient (Wildman–Crippen LogP) is 1.87. The van der Waals surface area contributed by atoms with Gasteiger partial charge in [-0.2, -0.15) is 0 Å². The summed E-state index contributed by atoms with van der Waals surface area (Å²) in [5.74, 6) is -0.311. The Bertz CT molecular complexity index is 483. The van der Waals surface area contributed by atoms with Gasteiger partial charge >= 0.3 is 5.97 Å². The van der Waals surface area contributed by atoms with Crippen LogP contribution in [0.5, 0.6) is 0 Å². The van der Waals surface area contributed by atoms with Gasteiger partial charge in [0.05, 0.1) is 23.9 Å². The van der Waals surface area contributed by atoms with E-state index in [1.54, 1.807) is 13.0 Å². The Labute approximate surface area is 85.3 Å². The molecule has 0 saturated heterocycles. The molecule has 0 spiro atoms. The van der Waals surface area contributed by atoms with E-state index >= 15 is 0 Å². The van der Waals surface area contributed by atoms with E-state index in [9.17, 15) is 4.79 Å². The van der Waals surface area contributed by atoms with E-state index in [0.717, 1.165) is 5.56 Å². The number of hydrogen-bond donors (Lipinski definition) is 1. The van der Waals surface area contributed by atoms with Crippen LogP contribution >= 0.6 is 0 Å². The number of carboxylic acids is 1. The molecule has 5 heteroatoms. The van der Waals surface area contributed by atoms with Gasteiger partial charge in [0.15, 0.2) is 0 Å². The summed E-state index contributed by atoms with van der Waals surface area (Å²) in [7, 11) is 0. The van der Waals surface area contributed by atoms with Gasteiger partial charge in [-0.05, 0) is 13.0 Å². The van der Waals surface area contributed by atoms with E-state index in [2.05, 4.69) is 5.16 Å². The van der Waals surface area contributed by atoms with Crippen molar-refractivity contribution in [1.29, 1.82) is 0 Å². The lowest BCUT2D eigenvalue weighted by Gasteiger charge is -1.88. The Morgan fingerprint density at radius 1 is 1.53 bits per heavy atom. The second-order valence-corrected chi connectivity index (χ2v) is 3.20. The first-order chi connectivity index (χ1) is 7.16. The summed E-state index contributed by atoms with van der Waals surface area (Å²) in [6.45, 7) is 1.79. The van der Waals surface area contributed by atoms with E-state index in [0.29, 0.717) is 17.0 Å². The van der Waals surface area contributed by atoms with Crippen LogP contribution in [0.1, 0.15) is 11.3 Å². The van der Waals surface area contributed by atoms with Crippen molar-refractivity contribution in [3.05, 3.63) is 29.9 Å². The average molecular weight is 207 g/mol. The fraction of sp³-hybridized carbons (Fsp3) is 0.200. The van der Waals surface area contributed by atoms with Gasteiger partial charge in [0.2, 0.25) is 0 Å². The maximum absolute atomic E-state index is 10.5. The van der Waals surface area contributed by atoms with Crippen molar-refractivity contribution in [2.45, 2.75) is 13.3 Å². The topological polar surface area (TPSA) is 76.5 Å². The van der Waals surface area contributed by atoms with Crippen LogP contribution < -0.4 is 0 Å². The summed E-state index contributed by atoms with van der Waals surface area (Å²) in [4.78, 5) is 10.5. The molecule has 2 aromatic rings. The molecule has 0 radical (unpaired) electrons. The quantitative estimate of drug-likeness (QED) is 0.831. The number of nitrogens with zero attached hydrogens (tertiary/aromatic N) is 1. The molecule has 0 aliphatic carbocycles. The first-order valence-electron chi connectivity index (χ1n) is 4.37. The van der Waals surface area contributed by atoms with Crippen molar-refractivity contribution in [3.8, 4) is 11.3 Å². The van der Waals surface area contributed by atoms with Gasteiger partial charge in [-0.25, -0.2) is 0 Å². The molecule has 0 fully saturated rings. The predicted molar refractivity (Wildman–Crippen MR) is 50.3 cm³/mol. The molecule has 78 valence electrons. The van der Waals surface area contributed by atoms with Gasteiger partial charge < -0.3 is 14.0 Å². The third-order valence-corrected chi connectivity index (χ3v) is 2.02. The minimum atomic E-state index is -0.885. The number of rotatable bonds is 3. The number of furan rings is 1. The molecular formula is C10H9NO4. The maximum Gasteiger partial charge on any atom is 0.307 e. The molecule has 0 aromatic carbocycles. The fourth-order valence-corrected chi connectivity index (χ4v) is 1.31. The van der Waals surface area contributed by atoms with Gasteiger partial charge in [-0.15, -0.1) is 0 Å². The molecule has 0 saturated carbocycles. The van der Waals surface area contributed by atoms with E-state index in [1.165, 1.54) is 12.5 Å². The van der Waals surface area contributed by atoms with Crippen molar-refractivity contribution in [3.63, 3.8) is 0 Å². The number of carbonyl (C=O) groups is 1. The highest BCUT2D eigenvalue weighted by molar-refractivity contribution is 5.71. The number of aliphatic carboxylic acids is 1. The Morgan fingerprint density at radius 2 is 2.33 bits per heavy atom. The lowest BCUT2D eigenvalue weighted by atomic mass is 10.1. The zero-order valence-electron chi connectivity index (χ0n) is 8.06. The van der Waals surface area contributed by atoms with Gasteiger partial charge in [0.1, 0.15) is 12.0 Å². The van der Waals surface area contributed by atoms with Crippen molar-refractivity contribution >= 4 is 5.97 Å². The van der Waals surface area contributed by atoms with Crippen LogP contribution in [0.3, 0.4) is 0 Å². The highest BCUT2D eigenvalue weighted by Gasteiger charge is 2.11. The van der Waals surface area contributed by atoms with Crippen LogP contribution in [-0.2, 0) is 11.2 Å². The lowest BCUT2D eigenvalue weighted by Crippen LogP contribution is -1.97. The second-order valence-electron chi connectivity index (χ2n) is 3.20. The molecule has 2 aromatic heterocycles.